The fraction of sp³-hybridized carbons (Fsp3) is 0.364. The van der Waals surface area contributed by atoms with Gasteiger partial charge in [0.1, 0.15) is 11.4 Å². The normalized spacial score (nSPS) is 16.7. The van der Waals surface area contributed by atoms with Gasteiger partial charge in [-0.25, -0.2) is 4.63 Å². The maximum Gasteiger partial charge on any atom is 0.251 e. The fourth-order valence-electron chi connectivity index (χ4n) is 3.88. The molecular weight excluding hydrogens is 368 g/mol. The SMILES string of the molecule is Cc1nonc1CC(=O)N1CCC[C@@H](CNC(=O)c2cccc3ccccc23)C1. The number of aryl methyl sites for hydroxylation is 1. The molecule has 3 aromatic rings. The third-order valence-electron chi connectivity index (χ3n) is 5.52. The molecule has 0 spiro atoms. The van der Waals surface area contributed by atoms with E-state index >= 15 is 0 Å². The minimum Gasteiger partial charge on any atom is -0.352 e. The Morgan fingerprint density at radius 2 is 2.00 bits per heavy atom. The number of carbonyl (C=O) groups excluding carboxylic acids is 2. The van der Waals surface area contributed by atoms with Crippen LogP contribution in [0.15, 0.2) is 47.1 Å². The molecule has 1 saturated heterocycles. The highest BCUT2D eigenvalue weighted by atomic mass is 16.6. The van der Waals surface area contributed by atoms with Gasteiger partial charge in [-0.05, 0) is 42.5 Å². The summed E-state index contributed by atoms with van der Waals surface area (Å²) in [6, 6.07) is 13.6. The van der Waals surface area contributed by atoms with Crippen LogP contribution in [0.25, 0.3) is 10.8 Å². The minimum atomic E-state index is -0.0745. The summed E-state index contributed by atoms with van der Waals surface area (Å²) in [5.74, 6) is 0.187. The first-order valence-electron chi connectivity index (χ1n) is 9.93. The molecule has 1 aliphatic heterocycles. The van der Waals surface area contributed by atoms with Gasteiger partial charge >= 0.3 is 0 Å². The summed E-state index contributed by atoms with van der Waals surface area (Å²) in [6.07, 6.45) is 2.12. The van der Waals surface area contributed by atoms with Crippen LogP contribution in [-0.2, 0) is 11.2 Å². The Hall–Kier alpha value is -3.22. The number of fused-ring (bicyclic) bond motifs is 1. The smallest absolute Gasteiger partial charge is 0.251 e. The number of hydrogen-bond donors (Lipinski definition) is 1. The van der Waals surface area contributed by atoms with Gasteiger partial charge in [0.25, 0.3) is 5.91 Å². The largest absolute Gasteiger partial charge is 0.352 e. The van der Waals surface area contributed by atoms with E-state index in [9.17, 15) is 9.59 Å². The van der Waals surface area contributed by atoms with E-state index < -0.39 is 0 Å². The predicted octanol–water partition coefficient (Wildman–Crippen LogP) is 2.74. The molecule has 29 heavy (non-hydrogen) atoms. The van der Waals surface area contributed by atoms with Crippen molar-refractivity contribution in [2.45, 2.75) is 26.2 Å². The van der Waals surface area contributed by atoms with Crippen LogP contribution < -0.4 is 5.32 Å². The van der Waals surface area contributed by atoms with Gasteiger partial charge in [-0.15, -0.1) is 0 Å². The third kappa shape index (κ3) is 4.29. The highest BCUT2D eigenvalue weighted by molar-refractivity contribution is 6.07. The van der Waals surface area contributed by atoms with Gasteiger partial charge in [0, 0.05) is 25.2 Å². The van der Waals surface area contributed by atoms with Crippen molar-refractivity contribution in [2.75, 3.05) is 19.6 Å². The molecule has 1 aromatic heterocycles. The molecule has 0 aliphatic carbocycles. The molecular formula is C22H24N4O3. The van der Waals surface area contributed by atoms with Crippen molar-refractivity contribution in [3.63, 3.8) is 0 Å². The maximum absolute atomic E-state index is 12.7. The van der Waals surface area contributed by atoms with Crippen molar-refractivity contribution in [1.29, 1.82) is 0 Å². The summed E-state index contributed by atoms with van der Waals surface area (Å²) in [4.78, 5) is 27.2. The number of rotatable bonds is 5. The Labute approximate surface area is 169 Å². The predicted molar refractivity (Wildman–Crippen MR) is 108 cm³/mol. The third-order valence-corrected chi connectivity index (χ3v) is 5.52. The lowest BCUT2D eigenvalue weighted by molar-refractivity contribution is -0.132. The van der Waals surface area contributed by atoms with Crippen LogP contribution in [0.4, 0.5) is 0 Å². The monoisotopic (exact) mass is 392 g/mol. The average molecular weight is 392 g/mol. The number of piperidine rings is 1. The minimum absolute atomic E-state index is 0.0221. The summed E-state index contributed by atoms with van der Waals surface area (Å²) in [6.45, 7) is 3.70. The lowest BCUT2D eigenvalue weighted by atomic mass is 9.97. The summed E-state index contributed by atoms with van der Waals surface area (Å²) in [5.41, 5.74) is 1.91. The molecule has 0 bridgehead atoms. The Balaban J connectivity index is 1.35. The van der Waals surface area contributed by atoms with E-state index in [1.165, 1.54) is 0 Å². The van der Waals surface area contributed by atoms with Crippen molar-refractivity contribution in [1.82, 2.24) is 20.5 Å². The molecule has 2 aromatic carbocycles. The first kappa shape index (κ1) is 19.1. The van der Waals surface area contributed by atoms with Crippen LogP contribution >= 0.6 is 0 Å². The second-order valence-electron chi connectivity index (χ2n) is 7.56. The topological polar surface area (TPSA) is 88.3 Å². The molecule has 1 atom stereocenters. The zero-order valence-electron chi connectivity index (χ0n) is 16.4. The van der Waals surface area contributed by atoms with Crippen LogP contribution in [0.2, 0.25) is 0 Å². The molecule has 1 aliphatic rings. The van der Waals surface area contributed by atoms with Crippen LogP contribution in [0, 0.1) is 12.8 Å². The Morgan fingerprint density at radius 3 is 2.83 bits per heavy atom. The van der Waals surface area contributed by atoms with E-state index in [-0.39, 0.29) is 24.2 Å². The van der Waals surface area contributed by atoms with Gasteiger partial charge in [-0.3, -0.25) is 9.59 Å². The molecule has 2 heterocycles. The quantitative estimate of drug-likeness (QED) is 0.721. The van der Waals surface area contributed by atoms with Crippen molar-refractivity contribution in [3.8, 4) is 0 Å². The number of likely N-dealkylation sites (tertiary alicyclic amines) is 1. The summed E-state index contributed by atoms with van der Waals surface area (Å²) < 4.78 is 4.67. The lowest BCUT2D eigenvalue weighted by Crippen LogP contribution is -2.44. The Kier molecular flexibility index (Phi) is 5.55. The van der Waals surface area contributed by atoms with E-state index in [4.69, 9.17) is 0 Å². The highest BCUT2D eigenvalue weighted by Gasteiger charge is 2.25. The van der Waals surface area contributed by atoms with Crippen molar-refractivity contribution in [3.05, 3.63) is 59.4 Å². The number of nitrogens with one attached hydrogen (secondary N) is 1. The van der Waals surface area contributed by atoms with Gasteiger partial charge in [0.2, 0.25) is 5.91 Å². The summed E-state index contributed by atoms with van der Waals surface area (Å²) in [7, 11) is 0. The molecule has 0 saturated carbocycles. The van der Waals surface area contributed by atoms with Gasteiger partial charge in [-0.2, -0.15) is 0 Å². The van der Waals surface area contributed by atoms with E-state index in [1.807, 2.05) is 47.4 Å². The van der Waals surface area contributed by atoms with Crippen LogP contribution in [0.1, 0.15) is 34.6 Å². The van der Waals surface area contributed by atoms with Crippen molar-refractivity contribution < 1.29 is 14.2 Å². The van der Waals surface area contributed by atoms with Gasteiger partial charge in [-0.1, -0.05) is 46.7 Å². The molecule has 1 fully saturated rings. The Morgan fingerprint density at radius 1 is 1.17 bits per heavy atom. The molecule has 7 heteroatoms. The summed E-state index contributed by atoms with van der Waals surface area (Å²) >= 11 is 0. The number of hydrogen-bond acceptors (Lipinski definition) is 5. The van der Waals surface area contributed by atoms with Gasteiger partial charge in [0.05, 0.1) is 6.42 Å². The van der Waals surface area contributed by atoms with Crippen molar-refractivity contribution >= 4 is 22.6 Å². The van der Waals surface area contributed by atoms with Gasteiger partial charge < -0.3 is 10.2 Å². The summed E-state index contributed by atoms with van der Waals surface area (Å²) in [5, 5.41) is 12.6. The molecule has 1 N–H and O–H groups in total. The average Bonchev–Trinajstić information content (AvgIpc) is 3.16. The van der Waals surface area contributed by atoms with E-state index in [0.29, 0.717) is 30.0 Å². The fourth-order valence-corrected chi connectivity index (χ4v) is 3.88. The lowest BCUT2D eigenvalue weighted by Gasteiger charge is -2.32. The number of carbonyl (C=O) groups is 2. The van der Waals surface area contributed by atoms with Crippen LogP contribution in [0.3, 0.4) is 0 Å². The van der Waals surface area contributed by atoms with Crippen LogP contribution in [0.5, 0.6) is 0 Å². The molecule has 7 nitrogen and oxygen atoms in total. The molecule has 0 unspecified atom stereocenters. The second-order valence-corrected chi connectivity index (χ2v) is 7.56. The second kappa shape index (κ2) is 8.43. The van der Waals surface area contributed by atoms with Gasteiger partial charge in [0.15, 0.2) is 0 Å². The molecule has 150 valence electrons. The standard InChI is InChI=1S/C22H24N4O3/c1-15-20(25-29-24-15)12-21(27)26-11-5-6-16(14-26)13-23-22(28)19-10-4-8-17-7-2-3-9-18(17)19/h2-4,7-10,16H,5-6,11-14H2,1H3,(H,23,28)/t16-/m0/s1. The van der Waals surface area contributed by atoms with Crippen molar-refractivity contribution in [2.24, 2.45) is 5.92 Å². The molecule has 4 rings (SSSR count). The number of aromatic nitrogens is 2. The highest BCUT2D eigenvalue weighted by Crippen LogP contribution is 2.20. The zero-order valence-corrected chi connectivity index (χ0v) is 16.4. The first-order chi connectivity index (χ1) is 14.1. The van der Waals surface area contributed by atoms with Crippen LogP contribution in [-0.4, -0.2) is 46.7 Å². The van der Waals surface area contributed by atoms with E-state index in [0.717, 1.165) is 30.2 Å². The van der Waals surface area contributed by atoms with E-state index in [1.54, 1.807) is 6.92 Å². The number of benzene rings is 2. The zero-order chi connectivity index (χ0) is 20.2. The Bertz CT molecular complexity index is 1020. The van der Waals surface area contributed by atoms with E-state index in [2.05, 4.69) is 20.3 Å². The number of amides is 2. The number of nitrogens with zero attached hydrogens (tertiary/aromatic N) is 3. The molecule has 2 amide bonds. The molecule has 0 radical (unpaired) electrons. The maximum atomic E-state index is 12.7. The first-order valence-corrected chi connectivity index (χ1v) is 9.93.